The Hall–Kier alpha value is -3.17. The highest BCUT2D eigenvalue weighted by Gasteiger charge is 2.52. The Kier molecular flexibility index (Phi) is 6.03. The average molecular weight is 449 g/mol. The van der Waals surface area contributed by atoms with Gasteiger partial charge in [-0.1, -0.05) is 41.6 Å². The molecule has 0 bridgehead atoms. The third-order valence-electron chi connectivity index (χ3n) is 6.17. The molecule has 0 saturated carbocycles. The average Bonchev–Trinajstić information content (AvgIpc) is 3.22. The van der Waals surface area contributed by atoms with E-state index in [-0.39, 0.29) is 6.61 Å². The number of pyridine rings is 1. The van der Waals surface area contributed by atoms with Crippen molar-refractivity contribution in [3.63, 3.8) is 0 Å². The van der Waals surface area contributed by atoms with Gasteiger partial charge in [0.1, 0.15) is 23.7 Å². The number of hydrogen-bond acceptors (Lipinski definition) is 7. The van der Waals surface area contributed by atoms with Gasteiger partial charge in [0.25, 0.3) is 0 Å². The van der Waals surface area contributed by atoms with Gasteiger partial charge in [0.05, 0.1) is 11.2 Å². The lowest BCUT2D eigenvalue weighted by Gasteiger charge is -2.32. The van der Waals surface area contributed by atoms with E-state index in [1.165, 1.54) is 0 Å². The molecule has 33 heavy (non-hydrogen) atoms. The molecule has 8 nitrogen and oxygen atoms in total. The first-order valence-corrected chi connectivity index (χ1v) is 10.8. The van der Waals surface area contributed by atoms with Crippen molar-refractivity contribution in [2.24, 2.45) is 0 Å². The maximum absolute atomic E-state index is 12.4. The van der Waals surface area contributed by atoms with Crippen LogP contribution in [0.25, 0.3) is 11.5 Å². The summed E-state index contributed by atoms with van der Waals surface area (Å²) in [5, 5.41) is 6.73. The Morgan fingerprint density at radius 3 is 2.30 bits per heavy atom. The van der Waals surface area contributed by atoms with Crippen LogP contribution in [0.2, 0.25) is 0 Å². The van der Waals surface area contributed by atoms with Gasteiger partial charge in [0.2, 0.25) is 5.76 Å². The van der Waals surface area contributed by atoms with E-state index in [1.54, 1.807) is 13.0 Å². The fraction of sp³-hybridized carbons (Fsp3) is 0.375. The molecule has 0 aliphatic carbocycles. The maximum Gasteiger partial charge on any atom is 0.496 e. The van der Waals surface area contributed by atoms with Gasteiger partial charge >= 0.3 is 13.2 Å². The minimum absolute atomic E-state index is 0.159. The molecule has 3 heterocycles. The number of carbonyl (C=O) groups excluding carboxylic acids is 1. The summed E-state index contributed by atoms with van der Waals surface area (Å²) < 4.78 is 23.1. The van der Waals surface area contributed by atoms with Crippen LogP contribution in [0.3, 0.4) is 0 Å². The van der Waals surface area contributed by atoms with E-state index in [2.05, 4.69) is 15.5 Å². The number of ether oxygens (including phenoxy) is 1. The summed E-state index contributed by atoms with van der Waals surface area (Å²) in [5.74, 6) is 0.354. The molecule has 172 valence electrons. The number of amides is 1. The molecule has 1 aromatic carbocycles. The summed E-state index contributed by atoms with van der Waals surface area (Å²) >= 11 is 0. The van der Waals surface area contributed by atoms with Gasteiger partial charge in [-0.15, -0.1) is 0 Å². The van der Waals surface area contributed by atoms with E-state index in [0.29, 0.717) is 22.8 Å². The molecule has 1 aliphatic rings. The molecule has 1 amide bonds. The Morgan fingerprint density at radius 1 is 1.00 bits per heavy atom. The third kappa shape index (κ3) is 4.65. The molecule has 1 aliphatic heterocycles. The van der Waals surface area contributed by atoms with Crippen molar-refractivity contribution < 1.29 is 23.4 Å². The molecule has 1 N–H and O–H groups in total. The summed E-state index contributed by atoms with van der Waals surface area (Å²) in [6.07, 6.45) is -0.600. The van der Waals surface area contributed by atoms with Gasteiger partial charge in [0, 0.05) is 11.2 Å². The van der Waals surface area contributed by atoms with Crippen LogP contribution in [0.4, 0.5) is 10.5 Å². The minimum Gasteiger partial charge on any atom is -0.444 e. The van der Waals surface area contributed by atoms with Gasteiger partial charge in [-0.25, -0.2) is 4.79 Å². The summed E-state index contributed by atoms with van der Waals surface area (Å²) in [6, 6.07) is 13.2. The zero-order valence-electron chi connectivity index (χ0n) is 19.8. The lowest BCUT2D eigenvalue weighted by atomic mass is 9.78. The first kappa shape index (κ1) is 23.0. The van der Waals surface area contributed by atoms with Crippen LogP contribution in [0.15, 0.2) is 47.0 Å². The zero-order valence-corrected chi connectivity index (χ0v) is 19.8. The fourth-order valence-corrected chi connectivity index (χ4v) is 3.47. The number of benzene rings is 1. The van der Waals surface area contributed by atoms with Crippen LogP contribution < -0.4 is 10.8 Å². The number of anilines is 1. The largest absolute Gasteiger partial charge is 0.496 e. The fourth-order valence-electron chi connectivity index (χ4n) is 3.47. The molecular weight excluding hydrogens is 421 g/mol. The third-order valence-corrected chi connectivity index (χ3v) is 6.17. The second kappa shape index (κ2) is 8.65. The minimum atomic E-state index is -0.600. The van der Waals surface area contributed by atoms with E-state index in [9.17, 15) is 4.79 Å². The van der Waals surface area contributed by atoms with Gasteiger partial charge in [-0.3, -0.25) is 10.3 Å². The highest BCUT2D eigenvalue weighted by molar-refractivity contribution is 6.62. The predicted octanol–water partition coefficient (Wildman–Crippen LogP) is 4.40. The van der Waals surface area contributed by atoms with Crippen LogP contribution in [0.1, 0.15) is 44.6 Å². The molecule has 9 heteroatoms. The molecule has 0 unspecified atom stereocenters. The summed E-state index contributed by atoms with van der Waals surface area (Å²) in [7, 11) is -0.515. The second-order valence-electron chi connectivity index (χ2n) is 9.12. The van der Waals surface area contributed by atoms with Crippen molar-refractivity contribution >= 4 is 24.4 Å². The van der Waals surface area contributed by atoms with E-state index in [4.69, 9.17) is 18.6 Å². The monoisotopic (exact) mass is 449 g/mol. The number of nitrogens with one attached hydrogen (secondary N) is 1. The number of carbonyl (C=O) groups is 1. The highest BCUT2D eigenvalue weighted by atomic mass is 16.7. The van der Waals surface area contributed by atoms with Crippen molar-refractivity contribution in [2.75, 3.05) is 5.32 Å². The maximum atomic E-state index is 12.4. The first-order valence-electron chi connectivity index (χ1n) is 10.8. The Balaban J connectivity index is 1.51. The van der Waals surface area contributed by atoms with Crippen LogP contribution >= 0.6 is 0 Å². The topological polar surface area (TPSA) is 95.7 Å². The normalized spacial score (nSPS) is 16.6. The molecule has 0 atom stereocenters. The van der Waals surface area contributed by atoms with Crippen molar-refractivity contribution in [2.45, 2.75) is 59.4 Å². The van der Waals surface area contributed by atoms with E-state index in [0.717, 1.165) is 16.7 Å². The van der Waals surface area contributed by atoms with Gasteiger partial charge in [-0.05, 0) is 53.2 Å². The standard InChI is InChI=1S/C24H28BN3O5/c1-15-18(25-32-23(3,4)24(5,6)33-25)12-13-19(26-15)21-20(16(2)28-31-21)27-22(29)30-14-17-10-8-7-9-11-17/h7-13H,14H2,1-6H3,(H,27,29). The molecule has 1 saturated heterocycles. The Morgan fingerprint density at radius 2 is 1.67 bits per heavy atom. The van der Waals surface area contributed by atoms with Crippen molar-refractivity contribution in [3.05, 3.63) is 59.4 Å². The van der Waals surface area contributed by atoms with Crippen LogP contribution in [0.5, 0.6) is 0 Å². The molecule has 4 rings (SSSR count). The van der Waals surface area contributed by atoms with Crippen molar-refractivity contribution in [1.29, 1.82) is 0 Å². The molecule has 1 fully saturated rings. The SMILES string of the molecule is Cc1nc(-c2onc(C)c2NC(=O)OCc2ccccc2)ccc1B1OC(C)(C)C(C)(C)O1. The molecular formula is C24H28BN3O5. The second-order valence-corrected chi connectivity index (χ2v) is 9.12. The van der Waals surface area contributed by atoms with E-state index in [1.807, 2.05) is 71.0 Å². The number of nitrogens with zero attached hydrogens (tertiary/aromatic N) is 2. The molecule has 0 spiro atoms. The molecule has 3 aromatic rings. The number of aromatic nitrogens is 2. The lowest BCUT2D eigenvalue weighted by molar-refractivity contribution is 0.00578. The van der Waals surface area contributed by atoms with Crippen LogP contribution in [-0.2, 0) is 20.7 Å². The van der Waals surface area contributed by atoms with Gasteiger partial charge in [-0.2, -0.15) is 0 Å². The summed E-state index contributed by atoms with van der Waals surface area (Å²) in [4.78, 5) is 17.1. The van der Waals surface area contributed by atoms with Crippen LogP contribution in [-0.4, -0.2) is 34.6 Å². The van der Waals surface area contributed by atoms with E-state index < -0.39 is 24.4 Å². The van der Waals surface area contributed by atoms with Crippen molar-refractivity contribution in [1.82, 2.24) is 10.1 Å². The van der Waals surface area contributed by atoms with Gasteiger partial charge in [0.15, 0.2) is 0 Å². The number of hydrogen-bond donors (Lipinski definition) is 1. The Bertz CT molecular complexity index is 1140. The number of rotatable bonds is 5. The molecule has 0 radical (unpaired) electrons. The quantitative estimate of drug-likeness (QED) is 0.577. The molecule has 2 aromatic heterocycles. The van der Waals surface area contributed by atoms with Crippen molar-refractivity contribution in [3.8, 4) is 11.5 Å². The summed E-state index contributed by atoms with van der Waals surface area (Å²) in [5.41, 5.74) is 3.06. The highest BCUT2D eigenvalue weighted by Crippen LogP contribution is 2.37. The predicted molar refractivity (Wildman–Crippen MR) is 125 cm³/mol. The van der Waals surface area contributed by atoms with E-state index >= 15 is 0 Å². The summed E-state index contributed by atoms with van der Waals surface area (Å²) in [6.45, 7) is 11.8. The number of aryl methyl sites for hydroxylation is 2. The van der Waals surface area contributed by atoms with Gasteiger partial charge < -0.3 is 18.6 Å². The van der Waals surface area contributed by atoms with Crippen LogP contribution in [0, 0.1) is 13.8 Å². The Labute approximate surface area is 193 Å². The smallest absolute Gasteiger partial charge is 0.444 e. The zero-order chi connectivity index (χ0) is 23.8. The first-order chi connectivity index (χ1) is 15.6. The lowest BCUT2D eigenvalue weighted by Crippen LogP contribution is -2.41.